The van der Waals surface area contributed by atoms with Crippen LogP contribution in [0, 0.1) is 6.92 Å². The summed E-state index contributed by atoms with van der Waals surface area (Å²) in [7, 11) is 1.53. The van der Waals surface area contributed by atoms with E-state index in [4.69, 9.17) is 4.74 Å². The molecule has 0 amide bonds. The maximum absolute atomic E-state index is 9.51. The summed E-state index contributed by atoms with van der Waals surface area (Å²) in [5.74, 6) is 0.598. The monoisotopic (exact) mass is 189 g/mol. The molecule has 2 aromatic rings. The second-order valence-corrected chi connectivity index (χ2v) is 3.23. The first kappa shape index (κ1) is 8.81. The van der Waals surface area contributed by atoms with Crippen LogP contribution in [0.25, 0.3) is 10.9 Å². The number of benzene rings is 1. The standard InChI is InChI=1S/C11H11NO2/c1-7-3-8-4-11(14-2)10(13)5-9(8)12-6-7/h3-6,13H,1-2H3. The van der Waals surface area contributed by atoms with Crippen molar-refractivity contribution in [2.75, 3.05) is 7.11 Å². The van der Waals surface area contributed by atoms with Crippen molar-refractivity contribution < 1.29 is 9.84 Å². The minimum absolute atomic E-state index is 0.122. The van der Waals surface area contributed by atoms with Gasteiger partial charge < -0.3 is 9.84 Å². The Hall–Kier alpha value is -1.77. The van der Waals surface area contributed by atoms with Gasteiger partial charge in [-0.25, -0.2) is 0 Å². The predicted molar refractivity (Wildman–Crippen MR) is 54.7 cm³/mol. The highest BCUT2D eigenvalue weighted by molar-refractivity contribution is 5.82. The molecule has 3 heteroatoms. The van der Waals surface area contributed by atoms with Gasteiger partial charge in [-0.3, -0.25) is 4.98 Å². The molecule has 0 unspecified atom stereocenters. The van der Waals surface area contributed by atoms with E-state index in [1.807, 2.05) is 13.0 Å². The number of nitrogens with zero attached hydrogens (tertiary/aromatic N) is 1. The lowest BCUT2D eigenvalue weighted by atomic mass is 10.1. The van der Waals surface area contributed by atoms with E-state index in [-0.39, 0.29) is 5.75 Å². The Balaban J connectivity index is 2.73. The molecule has 0 spiro atoms. The third-order valence-electron chi connectivity index (χ3n) is 2.12. The summed E-state index contributed by atoms with van der Waals surface area (Å²) in [5, 5.41) is 10.5. The summed E-state index contributed by atoms with van der Waals surface area (Å²) >= 11 is 0. The van der Waals surface area contributed by atoms with Crippen LogP contribution in [0.4, 0.5) is 0 Å². The van der Waals surface area contributed by atoms with Gasteiger partial charge in [0.15, 0.2) is 11.5 Å². The molecule has 14 heavy (non-hydrogen) atoms. The molecular formula is C11H11NO2. The molecular weight excluding hydrogens is 178 g/mol. The zero-order valence-corrected chi connectivity index (χ0v) is 8.11. The minimum atomic E-state index is 0.122. The van der Waals surface area contributed by atoms with E-state index in [0.29, 0.717) is 5.75 Å². The van der Waals surface area contributed by atoms with Crippen molar-refractivity contribution >= 4 is 10.9 Å². The number of phenols is 1. The third kappa shape index (κ3) is 1.37. The van der Waals surface area contributed by atoms with E-state index in [1.54, 1.807) is 18.3 Å². The first-order valence-corrected chi connectivity index (χ1v) is 4.34. The van der Waals surface area contributed by atoms with Gasteiger partial charge in [0.25, 0.3) is 0 Å². The third-order valence-corrected chi connectivity index (χ3v) is 2.12. The largest absolute Gasteiger partial charge is 0.504 e. The van der Waals surface area contributed by atoms with E-state index in [0.717, 1.165) is 16.5 Å². The van der Waals surface area contributed by atoms with E-state index in [9.17, 15) is 5.11 Å². The maximum Gasteiger partial charge on any atom is 0.161 e. The molecule has 0 saturated carbocycles. The van der Waals surface area contributed by atoms with E-state index in [1.165, 1.54) is 7.11 Å². The zero-order valence-electron chi connectivity index (χ0n) is 8.11. The van der Waals surface area contributed by atoms with Crippen LogP contribution >= 0.6 is 0 Å². The summed E-state index contributed by atoms with van der Waals surface area (Å²) in [6.07, 6.45) is 1.77. The molecule has 0 fully saturated rings. The molecule has 0 aliphatic heterocycles. The van der Waals surface area contributed by atoms with Gasteiger partial charge in [0.1, 0.15) is 0 Å². The van der Waals surface area contributed by atoms with Crippen molar-refractivity contribution in [1.82, 2.24) is 4.98 Å². The Morgan fingerprint density at radius 1 is 1.29 bits per heavy atom. The van der Waals surface area contributed by atoms with Gasteiger partial charge in [-0.2, -0.15) is 0 Å². The SMILES string of the molecule is COc1cc2cc(C)cnc2cc1O. The summed E-state index contributed by atoms with van der Waals surface area (Å²) in [5.41, 5.74) is 1.86. The molecule has 0 radical (unpaired) electrons. The smallest absolute Gasteiger partial charge is 0.161 e. The zero-order chi connectivity index (χ0) is 10.1. The number of aromatic hydroxyl groups is 1. The van der Waals surface area contributed by atoms with E-state index >= 15 is 0 Å². The number of aryl methyl sites for hydroxylation is 1. The molecule has 3 nitrogen and oxygen atoms in total. The number of fused-ring (bicyclic) bond motifs is 1. The minimum Gasteiger partial charge on any atom is -0.504 e. The van der Waals surface area contributed by atoms with Gasteiger partial charge in [-0.05, 0) is 24.6 Å². The van der Waals surface area contributed by atoms with Crippen molar-refractivity contribution in [3.05, 3.63) is 30.0 Å². The van der Waals surface area contributed by atoms with Gasteiger partial charge in [0, 0.05) is 17.6 Å². The lowest BCUT2D eigenvalue weighted by Crippen LogP contribution is -1.86. The summed E-state index contributed by atoms with van der Waals surface area (Å²) in [4.78, 5) is 4.20. The molecule has 0 bridgehead atoms. The van der Waals surface area contributed by atoms with Crippen LogP contribution in [0.15, 0.2) is 24.4 Å². The highest BCUT2D eigenvalue weighted by Crippen LogP contribution is 2.30. The van der Waals surface area contributed by atoms with E-state index < -0.39 is 0 Å². The predicted octanol–water partition coefficient (Wildman–Crippen LogP) is 2.26. The number of ether oxygens (including phenoxy) is 1. The Morgan fingerprint density at radius 3 is 2.79 bits per heavy atom. The number of hydrogen-bond donors (Lipinski definition) is 1. The molecule has 1 heterocycles. The fourth-order valence-electron chi connectivity index (χ4n) is 1.42. The molecule has 72 valence electrons. The second kappa shape index (κ2) is 3.18. The van der Waals surface area contributed by atoms with Crippen LogP contribution < -0.4 is 4.74 Å². The number of aromatic nitrogens is 1. The molecule has 1 N–H and O–H groups in total. The normalized spacial score (nSPS) is 10.4. The number of hydrogen-bond acceptors (Lipinski definition) is 3. The number of phenolic OH excluding ortho intramolecular Hbond substituents is 1. The number of pyridine rings is 1. The topological polar surface area (TPSA) is 42.4 Å². The van der Waals surface area contributed by atoms with Gasteiger partial charge in [-0.15, -0.1) is 0 Å². The first-order valence-electron chi connectivity index (χ1n) is 4.34. The number of methoxy groups -OCH3 is 1. The van der Waals surface area contributed by atoms with Crippen LogP contribution in [0.3, 0.4) is 0 Å². The van der Waals surface area contributed by atoms with Crippen molar-refractivity contribution in [2.24, 2.45) is 0 Å². The van der Waals surface area contributed by atoms with Gasteiger partial charge in [0.05, 0.1) is 12.6 Å². The van der Waals surface area contributed by atoms with Crippen LogP contribution in [0.1, 0.15) is 5.56 Å². The lowest BCUT2D eigenvalue weighted by Gasteiger charge is -2.05. The highest BCUT2D eigenvalue weighted by atomic mass is 16.5. The Kier molecular flexibility index (Phi) is 2.00. The van der Waals surface area contributed by atoms with Crippen molar-refractivity contribution in [2.45, 2.75) is 6.92 Å². The van der Waals surface area contributed by atoms with Crippen molar-refractivity contribution in [3.63, 3.8) is 0 Å². The fraction of sp³-hybridized carbons (Fsp3) is 0.182. The molecule has 1 aromatic carbocycles. The van der Waals surface area contributed by atoms with Gasteiger partial charge >= 0.3 is 0 Å². The molecule has 0 saturated heterocycles. The maximum atomic E-state index is 9.51. The molecule has 1 aromatic heterocycles. The Bertz CT molecular complexity index is 480. The molecule has 0 aliphatic rings. The molecule has 0 atom stereocenters. The van der Waals surface area contributed by atoms with Crippen molar-refractivity contribution in [1.29, 1.82) is 0 Å². The van der Waals surface area contributed by atoms with Gasteiger partial charge in [-0.1, -0.05) is 0 Å². The average molecular weight is 189 g/mol. The quantitative estimate of drug-likeness (QED) is 0.748. The molecule has 2 rings (SSSR count). The summed E-state index contributed by atoms with van der Waals surface area (Å²) in [6, 6.07) is 5.39. The van der Waals surface area contributed by atoms with Crippen LogP contribution in [0.5, 0.6) is 11.5 Å². The van der Waals surface area contributed by atoms with Crippen molar-refractivity contribution in [3.8, 4) is 11.5 Å². The van der Waals surface area contributed by atoms with E-state index in [2.05, 4.69) is 4.98 Å². The summed E-state index contributed by atoms with van der Waals surface area (Å²) < 4.78 is 5.02. The van der Waals surface area contributed by atoms with Crippen LogP contribution in [0.2, 0.25) is 0 Å². The Labute approximate surface area is 82.0 Å². The fourth-order valence-corrected chi connectivity index (χ4v) is 1.42. The number of rotatable bonds is 1. The first-order chi connectivity index (χ1) is 6.70. The Morgan fingerprint density at radius 2 is 2.07 bits per heavy atom. The second-order valence-electron chi connectivity index (χ2n) is 3.23. The summed E-state index contributed by atoms with van der Waals surface area (Å²) in [6.45, 7) is 1.98. The van der Waals surface area contributed by atoms with Crippen LogP contribution in [-0.2, 0) is 0 Å². The molecule has 0 aliphatic carbocycles. The lowest BCUT2D eigenvalue weighted by molar-refractivity contribution is 0.374. The highest BCUT2D eigenvalue weighted by Gasteiger charge is 2.04. The van der Waals surface area contributed by atoms with Crippen LogP contribution in [-0.4, -0.2) is 17.2 Å². The van der Waals surface area contributed by atoms with Gasteiger partial charge in [0.2, 0.25) is 0 Å². The average Bonchev–Trinajstić information content (AvgIpc) is 2.17.